The van der Waals surface area contributed by atoms with E-state index in [9.17, 15) is 0 Å². The molecule has 0 unspecified atom stereocenters. The van der Waals surface area contributed by atoms with Gasteiger partial charge in [-0.2, -0.15) is 0 Å². The molecule has 2 aliphatic carbocycles. The van der Waals surface area contributed by atoms with E-state index in [1.807, 2.05) is 0 Å². The van der Waals surface area contributed by atoms with Crippen LogP contribution in [-0.4, -0.2) is 9.13 Å². The minimum atomic E-state index is -0.368. The summed E-state index contributed by atoms with van der Waals surface area (Å²) in [6.45, 7) is 0. The standard InChI is InChI=1S/C55H34N2/c1-2-14-37(15-3-1)56-51-24-12-7-19-42(51)45-32-36(28-31-53(45)56)35-26-29-38(30-27-35)57-52-25-13-8-20-43(52)46-33-50-44(34-54(46)57)41-18-6-11-23-49(41)55(50)47-21-9-4-16-39(47)40-17-5-10-22-48(40)55/h1-34H. The molecule has 1 spiro atoms. The highest BCUT2D eigenvalue weighted by molar-refractivity contribution is 6.13. The van der Waals surface area contributed by atoms with Crippen LogP contribution >= 0.6 is 0 Å². The van der Waals surface area contributed by atoms with E-state index >= 15 is 0 Å². The smallest absolute Gasteiger partial charge is 0.0725 e. The largest absolute Gasteiger partial charge is 0.309 e. The molecule has 264 valence electrons. The first-order chi connectivity index (χ1) is 28.3. The summed E-state index contributed by atoms with van der Waals surface area (Å²) in [6, 6.07) is 76.6. The highest BCUT2D eigenvalue weighted by atomic mass is 15.0. The van der Waals surface area contributed by atoms with Crippen LogP contribution in [0.15, 0.2) is 206 Å². The lowest BCUT2D eigenvalue weighted by molar-refractivity contribution is 0.795. The zero-order chi connectivity index (χ0) is 37.2. The monoisotopic (exact) mass is 722 g/mol. The summed E-state index contributed by atoms with van der Waals surface area (Å²) in [7, 11) is 0. The van der Waals surface area contributed by atoms with Crippen molar-refractivity contribution in [2.24, 2.45) is 0 Å². The van der Waals surface area contributed by atoms with Gasteiger partial charge in [0.2, 0.25) is 0 Å². The van der Waals surface area contributed by atoms with Crippen LogP contribution in [0.1, 0.15) is 22.3 Å². The van der Waals surface area contributed by atoms with Gasteiger partial charge in [-0.25, -0.2) is 0 Å². The molecule has 0 fully saturated rings. The normalized spacial score (nSPS) is 13.4. The van der Waals surface area contributed by atoms with Crippen molar-refractivity contribution in [2.45, 2.75) is 5.41 Å². The van der Waals surface area contributed by atoms with Gasteiger partial charge in [-0.3, -0.25) is 0 Å². The average Bonchev–Trinajstić information content (AvgIpc) is 3.98. The van der Waals surface area contributed by atoms with Gasteiger partial charge in [0, 0.05) is 32.9 Å². The molecule has 57 heavy (non-hydrogen) atoms. The number of fused-ring (bicyclic) bond motifs is 16. The number of para-hydroxylation sites is 3. The van der Waals surface area contributed by atoms with E-state index in [1.165, 1.54) is 105 Å². The minimum Gasteiger partial charge on any atom is -0.309 e. The van der Waals surface area contributed by atoms with Crippen LogP contribution in [0.2, 0.25) is 0 Å². The Kier molecular flexibility index (Phi) is 6.13. The summed E-state index contributed by atoms with van der Waals surface area (Å²) >= 11 is 0. The molecule has 0 saturated carbocycles. The van der Waals surface area contributed by atoms with E-state index in [1.54, 1.807) is 0 Å². The maximum atomic E-state index is 2.53. The molecule has 2 aliphatic rings. The molecular weight excluding hydrogens is 689 g/mol. The molecule has 0 amide bonds. The second kappa shape index (κ2) is 11.3. The second-order valence-electron chi connectivity index (χ2n) is 15.6. The number of hydrogen-bond donors (Lipinski definition) is 0. The highest BCUT2D eigenvalue weighted by Gasteiger charge is 2.51. The van der Waals surface area contributed by atoms with Crippen molar-refractivity contribution in [3.05, 3.63) is 229 Å². The van der Waals surface area contributed by atoms with E-state index in [-0.39, 0.29) is 5.41 Å². The predicted molar refractivity (Wildman–Crippen MR) is 237 cm³/mol. The lowest BCUT2D eigenvalue weighted by atomic mass is 9.70. The topological polar surface area (TPSA) is 9.86 Å². The van der Waals surface area contributed by atoms with E-state index in [4.69, 9.17) is 0 Å². The van der Waals surface area contributed by atoms with Gasteiger partial charge >= 0.3 is 0 Å². The van der Waals surface area contributed by atoms with Gasteiger partial charge in [-0.15, -0.1) is 0 Å². The van der Waals surface area contributed by atoms with Crippen LogP contribution in [0.4, 0.5) is 0 Å². The Balaban J connectivity index is 0.996. The summed E-state index contributed by atoms with van der Waals surface area (Å²) in [4.78, 5) is 0. The van der Waals surface area contributed by atoms with Crippen molar-refractivity contribution in [1.82, 2.24) is 9.13 Å². The van der Waals surface area contributed by atoms with Crippen molar-refractivity contribution >= 4 is 43.6 Å². The van der Waals surface area contributed by atoms with Crippen LogP contribution in [0.5, 0.6) is 0 Å². The van der Waals surface area contributed by atoms with Crippen molar-refractivity contribution in [1.29, 1.82) is 0 Å². The number of benzene rings is 9. The summed E-state index contributed by atoms with van der Waals surface area (Å²) in [5.74, 6) is 0. The quantitative estimate of drug-likeness (QED) is 0.172. The Morgan fingerprint density at radius 1 is 0.263 bits per heavy atom. The van der Waals surface area contributed by atoms with Crippen molar-refractivity contribution in [3.8, 4) is 44.8 Å². The van der Waals surface area contributed by atoms with Crippen molar-refractivity contribution in [2.75, 3.05) is 0 Å². The third-order valence-electron chi connectivity index (χ3n) is 12.9. The molecule has 0 bridgehead atoms. The van der Waals surface area contributed by atoms with Gasteiger partial charge in [0.25, 0.3) is 0 Å². The lowest BCUT2D eigenvalue weighted by Gasteiger charge is -2.30. The molecule has 9 aromatic carbocycles. The van der Waals surface area contributed by atoms with Gasteiger partial charge in [-0.05, 0) is 116 Å². The average molecular weight is 723 g/mol. The zero-order valence-corrected chi connectivity index (χ0v) is 31.0. The number of rotatable bonds is 3. The zero-order valence-electron chi connectivity index (χ0n) is 31.0. The maximum absolute atomic E-state index is 2.53. The molecule has 13 rings (SSSR count). The summed E-state index contributed by atoms with van der Waals surface area (Å²) < 4.78 is 4.84. The number of nitrogens with zero attached hydrogens (tertiary/aromatic N) is 2. The number of hydrogen-bond acceptors (Lipinski definition) is 0. The van der Waals surface area contributed by atoms with Crippen molar-refractivity contribution in [3.63, 3.8) is 0 Å². The van der Waals surface area contributed by atoms with Crippen LogP contribution in [0.25, 0.3) is 88.4 Å². The fraction of sp³-hybridized carbons (Fsp3) is 0.0182. The lowest BCUT2D eigenvalue weighted by Crippen LogP contribution is -2.25. The molecule has 0 atom stereocenters. The van der Waals surface area contributed by atoms with Crippen LogP contribution in [0, 0.1) is 0 Å². The van der Waals surface area contributed by atoms with E-state index < -0.39 is 0 Å². The fourth-order valence-corrected chi connectivity index (χ4v) is 10.6. The van der Waals surface area contributed by atoms with Gasteiger partial charge in [0.05, 0.1) is 27.5 Å². The summed E-state index contributed by atoms with van der Waals surface area (Å²) in [5.41, 5.74) is 20.0. The first-order valence-corrected chi connectivity index (χ1v) is 19.9. The second-order valence-corrected chi connectivity index (χ2v) is 15.6. The molecule has 0 N–H and O–H groups in total. The molecule has 2 heteroatoms. The first-order valence-electron chi connectivity index (χ1n) is 19.9. The summed E-state index contributed by atoms with van der Waals surface area (Å²) in [6.07, 6.45) is 0. The summed E-state index contributed by atoms with van der Waals surface area (Å²) in [5, 5.41) is 5.08. The van der Waals surface area contributed by atoms with E-state index in [2.05, 4.69) is 215 Å². The van der Waals surface area contributed by atoms with Gasteiger partial charge in [0.1, 0.15) is 0 Å². The molecule has 2 nitrogen and oxygen atoms in total. The Labute approximate surface area is 330 Å². The Morgan fingerprint density at radius 3 is 1.35 bits per heavy atom. The molecule has 0 aliphatic heterocycles. The minimum absolute atomic E-state index is 0.368. The van der Waals surface area contributed by atoms with E-state index in [0.717, 1.165) is 5.69 Å². The molecule has 0 saturated heterocycles. The third kappa shape index (κ3) is 3.99. The van der Waals surface area contributed by atoms with Gasteiger partial charge in [0.15, 0.2) is 0 Å². The number of aromatic nitrogens is 2. The van der Waals surface area contributed by atoms with Gasteiger partial charge < -0.3 is 9.13 Å². The maximum Gasteiger partial charge on any atom is 0.0725 e. The SMILES string of the molecule is c1ccc(-n2c3ccccc3c3cc(-c4ccc(-n5c6ccccc6c6cc7c(cc65)-c5ccccc5C75c6ccccc6-c6ccccc65)cc4)ccc32)cc1. The van der Waals surface area contributed by atoms with Gasteiger partial charge in [-0.1, -0.05) is 146 Å². The Morgan fingerprint density at radius 2 is 0.719 bits per heavy atom. The fourth-order valence-electron chi connectivity index (χ4n) is 10.6. The molecule has 0 radical (unpaired) electrons. The first kappa shape index (κ1) is 30.9. The van der Waals surface area contributed by atoms with Crippen LogP contribution < -0.4 is 0 Å². The molecule has 2 heterocycles. The van der Waals surface area contributed by atoms with E-state index in [0.29, 0.717) is 0 Å². The van der Waals surface area contributed by atoms with Crippen molar-refractivity contribution < 1.29 is 0 Å². The van der Waals surface area contributed by atoms with Crippen LogP contribution in [-0.2, 0) is 5.41 Å². The molecule has 11 aromatic rings. The third-order valence-corrected chi connectivity index (χ3v) is 12.9. The van der Waals surface area contributed by atoms with Crippen LogP contribution in [0.3, 0.4) is 0 Å². The highest BCUT2D eigenvalue weighted by Crippen LogP contribution is 2.63. The molecular formula is C55H34N2. The Hall–Kier alpha value is -7.42. The predicted octanol–water partition coefficient (Wildman–Crippen LogP) is 13.9. The molecule has 2 aromatic heterocycles. The Bertz CT molecular complexity index is 3410.